The third-order valence-electron chi connectivity index (χ3n) is 3.87. The van der Waals surface area contributed by atoms with Crippen LogP contribution >= 0.6 is 12.4 Å². The smallest absolute Gasteiger partial charge is 0.254 e. The quantitative estimate of drug-likeness (QED) is 0.858. The third kappa shape index (κ3) is 3.68. The Balaban J connectivity index is 0.00000192. The molecule has 0 aromatic heterocycles. The lowest BCUT2D eigenvalue weighted by Gasteiger charge is -2.34. The van der Waals surface area contributed by atoms with Crippen LogP contribution in [0.1, 0.15) is 10.4 Å². The lowest BCUT2D eigenvalue weighted by Crippen LogP contribution is -2.52. The van der Waals surface area contributed by atoms with Crippen LogP contribution in [0.15, 0.2) is 18.2 Å². The van der Waals surface area contributed by atoms with E-state index in [-0.39, 0.29) is 31.0 Å². The lowest BCUT2D eigenvalue weighted by atomic mass is 10.1. The Morgan fingerprint density at radius 2 is 1.74 bits per heavy atom. The Kier molecular flexibility index (Phi) is 5.68. The molecule has 0 unspecified atom stereocenters. The van der Waals surface area contributed by atoms with Crippen molar-refractivity contribution in [2.24, 2.45) is 0 Å². The van der Waals surface area contributed by atoms with Crippen LogP contribution in [0.4, 0.5) is 0 Å². The van der Waals surface area contributed by atoms with Crippen LogP contribution in [0.2, 0.25) is 0 Å². The van der Waals surface area contributed by atoms with Crippen molar-refractivity contribution < 1.29 is 19.1 Å². The molecule has 1 fully saturated rings. The topological polar surface area (TPSA) is 71.1 Å². The van der Waals surface area contributed by atoms with Gasteiger partial charge in [0.05, 0.1) is 6.54 Å². The van der Waals surface area contributed by atoms with Gasteiger partial charge in [0.2, 0.25) is 12.7 Å². The zero-order valence-corrected chi connectivity index (χ0v) is 13.7. The summed E-state index contributed by atoms with van der Waals surface area (Å²) in [6.45, 7) is 2.74. The Hall–Kier alpha value is -1.99. The fourth-order valence-corrected chi connectivity index (χ4v) is 2.63. The second-order valence-electron chi connectivity index (χ2n) is 5.27. The summed E-state index contributed by atoms with van der Waals surface area (Å²) in [4.78, 5) is 27.9. The number of halogens is 1. The van der Waals surface area contributed by atoms with Crippen molar-refractivity contribution in [3.63, 3.8) is 0 Å². The Morgan fingerprint density at radius 1 is 1.09 bits per heavy atom. The molecule has 126 valence electrons. The molecule has 1 saturated heterocycles. The van der Waals surface area contributed by atoms with Gasteiger partial charge in [-0.3, -0.25) is 9.59 Å². The molecule has 7 nitrogen and oxygen atoms in total. The van der Waals surface area contributed by atoms with Gasteiger partial charge in [-0.05, 0) is 25.2 Å². The van der Waals surface area contributed by atoms with E-state index in [1.54, 1.807) is 35.0 Å². The van der Waals surface area contributed by atoms with Crippen molar-refractivity contribution in [2.45, 2.75) is 0 Å². The van der Waals surface area contributed by atoms with E-state index < -0.39 is 0 Å². The van der Waals surface area contributed by atoms with E-state index in [0.717, 1.165) is 0 Å². The fourth-order valence-electron chi connectivity index (χ4n) is 2.63. The standard InChI is InChI=1S/C15H19N3O4.ClH/c1-16-9-14(19)17-4-6-18(7-5-17)15(20)11-2-3-12-13(8-11)22-10-21-12;/h2-3,8,16H,4-7,9-10H2,1H3;1H. The van der Waals surface area contributed by atoms with Crippen molar-refractivity contribution in [2.75, 3.05) is 46.6 Å². The van der Waals surface area contributed by atoms with Crippen LogP contribution in [-0.4, -0.2) is 68.2 Å². The predicted octanol–water partition coefficient (Wildman–Crippen LogP) is 0.341. The van der Waals surface area contributed by atoms with Gasteiger partial charge < -0.3 is 24.6 Å². The number of hydrogen-bond donors (Lipinski definition) is 1. The molecule has 2 aliphatic rings. The summed E-state index contributed by atoms with van der Waals surface area (Å²) in [6.07, 6.45) is 0. The van der Waals surface area contributed by atoms with Crippen molar-refractivity contribution in [1.82, 2.24) is 15.1 Å². The third-order valence-corrected chi connectivity index (χ3v) is 3.87. The van der Waals surface area contributed by atoms with E-state index in [1.807, 2.05) is 0 Å². The number of nitrogens with zero attached hydrogens (tertiary/aromatic N) is 2. The number of fused-ring (bicyclic) bond motifs is 1. The van der Waals surface area contributed by atoms with Gasteiger partial charge in [-0.2, -0.15) is 0 Å². The van der Waals surface area contributed by atoms with Crippen LogP contribution < -0.4 is 14.8 Å². The van der Waals surface area contributed by atoms with Gasteiger partial charge in [-0.25, -0.2) is 0 Å². The predicted molar refractivity (Wildman–Crippen MR) is 86.2 cm³/mol. The second-order valence-corrected chi connectivity index (χ2v) is 5.27. The highest BCUT2D eigenvalue weighted by Crippen LogP contribution is 2.32. The molecule has 0 saturated carbocycles. The lowest BCUT2D eigenvalue weighted by molar-refractivity contribution is -0.131. The molecule has 2 heterocycles. The molecule has 0 spiro atoms. The van der Waals surface area contributed by atoms with E-state index in [9.17, 15) is 9.59 Å². The first-order valence-corrected chi connectivity index (χ1v) is 7.30. The highest BCUT2D eigenvalue weighted by Gasteiger charge is 2.25. The molecule has 3 rings (SSSR count). The van der Waals surface area contributed by atoms with Gasteiger partial charge >= 0.3 is 0 Å². The molecule has 1 aromatic carbocycles. The highest BCUT2D eigenvalue weighted by atomic mass is 35.5. The summed E-state index contributed by atoms with van der Waals surface area (Å²) in [6, 6.07) is 5.21. The fraction of sp³-hybridized carbons (Fsp3) is 0.467. The number of carbonyl (C=O) groups excluding carboxylic acids is 2. The maximum Gasteiger partial charge on any atom is 0.254 e. The summed E-state index contributed by atoms with van der Waals surface area (Å²) in [5.41, 5.74) is 0.583. The number of likely N-dealkylation sites (N-methyl/N-ethyl adjacent to an activating group) is 1. The minimum absolute atomic E-state index is 0. The number of rotatable bonds is 3. The van der Waals surface area contributed by atoms with Crippen molar-refractivity contribution >= 4 is 24.2 Å². The van der Waals surface area contributed by atoms with Gasteiger partial charge in [-0.1, -0.05) is 0 Å². The maximum absolute atomic E-state index is 12.5. The first-order valence-electron chi connectivity index (χ1n) is 7.30. The minimum Gasteiger partial charge on any atom is -0.454 e. The summed E-state index contributed by atoms with van der Waals surface area (Å²) in [5.74, 6) is 1.30. The SMILES string of the molecule is CNCC(=O)N1CCN(C(=O)c2ccc3c(c2)OCO3)CC1.Cl. The van der Waals surface area contributed by atoms with Gasteiger partial charge in [0.25, 0.3) is 5.91 Å². The van der Waals surface area contributed by atoms with Crippen LogP contribution in [0, 0.1) is 0 Å². The first kappa shape index (κ1) is 17.4. The van der Waals surface area contributed by atoms with Crippen molar-refractivity contribution in [3.8, 4) is 11.5 Å². The highest BCUT2D eigenvalue weighted by molar-refractivity contribution is 5.95. The molecule has 1 N–H and O–H groups in total. The van der Waals surface area contributed by atoms with Crippen LogP contribution in [0.25, 0.3) is 0 Å². The molecule has 2 aliphatic heterocycles. The summed E-state index contributed by atoms with van der Waals surface area (Å²) in [5, 5.41) is 2.85. The molecular formula is C15H20ClN3O4. The van der Waals surface area contributed by atoms with Gasteiger partial charge in [-0.15, -0.1) is 12.4 Å². The molecule has 8 heteroatoms. The molecule has 23 heavy (non-hydrogen) atoms. The normalized spacial score (nSPS) is 16.0. The summed E-state index contributed by atoms with van der Waals surface area (Å²) >= 11 is 0. The van der Waals surface area contributed by atoms with Crippen LogP contribution in [0.5, 0.6) is 11.5 Å². The second kappa shape index (κ2) is 7.52. The van der Waals surface area contributed by atoms with E-state index in [2.05, 4.69) is 5.32 Å². The van der Waals surface area contributed by atoms with Crippen LogP contribution in [0.3, 0.4) is 0 Å². The Bertz CT molecular complexity index is 588. The summed E-state index contributed by atoms with van der Waals surface area (Å²) in [7, 11) is 1.75. The molecule has 0 aliphatic carbocycles. The average molecular weight is 342 g/mol. The number of hydrogen-bond acceptors (Lipinski definition) is 5. The Morgan fingerprint density at radius 3 is 2.43 bits per heavy atom. The number of nitrogens with one attached hydrogen (secondary N) is 1. The molecule has 0 bridgehead atoms. The van der Waals surface area contributed by atoms with E-state index >= 15 is 0 Å². The Labute approximate surface area is 140 Å². The first-order chi connectivity index (χ1) is 10.7. The van der Waals surface area contributed by atoms with Gasteiger partial charge in [0.15, 0.2) is 11.5 Å². The van der Waals surface area contributed by atoms with E-state index in [0.29, 0.717) is 49.8 Å². The molecular weight excluding hydrogens is 322 g/mol. The molecule has 0 radical (unpaired) electrons. The average Bonchev–Trinajstić information content (AvgIpc) is 3.02. The number of benzene rings is 1. The molecule has 1 aromatic rings. The zero-order valence-electron chi connectivity index (χ0n) is 12.9. The number of piperazine rings is 1. The number of ether oxygens (including phenoxy) is 2. The maximum atomic E-state index is 12.5. The van der Waals surface area contributed by atoms with Crippen LogP contribution in [-0.2, 0) is 4.79 Å². The van der Waals surface area contributed by atoms with E-state index in [1.165, 1.54) is 0 Å². The minimum atomic E-state index is -0.0426. The monoisotopic (exact) mass is 341 g/mol. The number of carbonyl (C=O) groups is 2. The van der Waals surface area contributed by atoms with Gasteiger partial charge in [0, 0.05) is 31.7 Å². The van der Waals surface area contributed by atoms with Crippen molar-refractivity contribution in [1.29, 1.82) is 0 Å². The summed E-state index contributed by atoms with van der Waals surface area (Å²) < 4.78 is 10.5. The largest absolute Gasteiger partial charge is 0.454 e. The molecule has 0 atom stereocenters. The zero-order chi connectivity index (χ0) is 15.5. The van der Waals surface area contributed by atoms with Gasteiger partial charge in [0.1, 0.15) is 0 Å². The molecule has 2 amide bonds. The van der Waals surface area contributed by atoms with Crippen molar-refractivity contribution in [3.05, 3.63) is 23.8 Å². The number of amides is 2. The van der Waals surface area contributed by atoms with E-state index in [4.69, 9.17) is 9.47 Å².